The SMILES string of the molecule is CCCNC(=O)CN(CCC)C(=O)c1ccc2c(=O)[nH]c(C)nc2c1. The predicted octanol–water partition coefficient (Wildman–Crippen LogP) is 1.61. The Bertz CT molecular complexity index is 829. The number of rotatable bonds is 7. The maximum Gasteiger partial charge on any atom is 0.258 e. The highest BCUT2D eigenvalue weighted by atomic mass is 16.2. The highest BCUT2D eigenvalue weighted by Crippen LogP contribution is 2.13. The minimum absolute atomic E-state index is 0.0204. The van der Waals surface area contributed by atoms with Crippen molar-refractivity contribution in [1.29, 1.82) is 0 Å². The summed E-state index contributed by atoms with van der Waals surface area (Å²) in [6.07, 6.45) is 1.59. The number of aromatic amines is 1. The lowest BCUT2D eigenvalue weighted by atomic mass is 10.1. The van der Waals surface area contributed by atoms with Crippen molar-refractivity contribution in [3.8, 4) is 0 Å². The van der Waals surface area contributed by atoms with Crippen molar-refractivity contribution in [2.24, 2.45) is 0 Å². The molecule has 0 aliphatic heterocycles. The molecule has 0 saturated heterocycles. The number of amides is 2. The van der Waals surface area contributed by atoms with Crippen LogP contribution in [0.4, 0.5) is 0 Å². The molecule has 0 fully saturated rings. The van der Waals surface area contributed by atoms with Crippen LogP contribution in [0.3, 0.4) is 0 Å². The number of nitrogens with zero attached hydrogens (tertiary/aromatic N) is 2. The molecule has 0 saturated carbocycles. The molecule has 0 spiro atoms. The zero-order chi connectivity index (χ0) is 18.4. The average Bonchev–Trinajstić information content (AvgIpc) is 2.58. The summed E-state index contributed by atoms with van der Waals surface area (Å²) < 4.78 is 0. The normalized spacial score (nSPS) is 10.7. The third-order valence-electron chi connectivity index (χ3n) is 3.76. The Morgan fingerprint density at radius 3 is 2.68 bits per heavy atom. The lowest BCUT2D eigenvalue weighted by Crippen LogP contribution is -2.41. The van der Waals surface area contributed by atoms with E-state index in [0.717, 1.165) is 12.8 Å². The minimum Gasteiger partial charge on any atom is -0.355 e. The summed E-state index contributed by atoms with van der Waals surface area (Å²) in [4.78, 5) is 45.1. The number of nitrogens with one attached hydrogen (secondary N) is 2. The maximum absolute atomic E-state index is 12.8. The second kappa shape index (κ2) is 8.41. The van der Waals surface area contributed by atoms with Crippen molar-refractivity contribution in [3.63, 3.8) is 0 Å². The van der Waals surface area contributed by atoms with Gasteiger partial charge in [-0.15, -0.1) is 0 Å². The van der Waals surface area contributed by atoms with Crippen LogP contribution in [0.2, 0.25) is 0 Å². The van der Waals surface area contributed by atoms with Crippen LogP contribution in [0.15, 0.2) is 23.0 Å². The van der Waals surface area contributed by atoms with E-state index >= 15 is 0 Å². The standard InChI is InChI=1S/C18H24N4O3/c1-4-8-19-16(23)11-22(9-5-2)18(25)13-6-7-14-15(10-13)20-12(3)21-17(14)24/h6-7,10H,4-5,8-9,11H2,1-3H3,(H,19,23)(H,20,21,24). The number of carbonyl (C=O) groups excluding carboxylic acids is 2. The molecule has 1 aromatic heterocycles. The van der Waals surface area contributed by atoms with Gasteiger partial charge in [0.1, 0.15) is 5.82 Å². The van der Waals surface area contributed by atoms with Gasteiger partial charge >= 0.3 is 0 Å². The highest BCUT2D eigenvalue weighted by Gasteiger charge is 2.19. The fourth-order valence-corrected chi connectivity index (χ4v) is 2.59. The Balaban J connectivity index is 2.27. The first kappa shape index (κ1) is 18.6. The van der Waals surface area contributed by atoms with E-state index in [-0.39, 0.29) is 23.9 Å². The first-order valence-corrected chi connectivity index (χ1v) is 8.53. The summed E-state index contributed by atoms with van der Waals surface area (Å²) in [5.74, 6) is 0.0800. The molecule has 1 heterocycles. The minimum atomic E-state index is -0.241. The number of H-pyrrole nitrogens is 1. The van der Waals surface area contributed by atoms with Gasteiger partial charge in [-0.3, -0.25) is 14.4 Å². The Labute approximate surface area is 146 Å². The molecule has 0 radical (unpaired) electrons. The fraction of sp³-hybridized carbons (Fsp3) is 0.444. The van der Waals surface area contributed by atoms with Crippen LogP contribution in [0.1, 0.15) is 42.9 Å². The summed E-state index contributed by atoms with van der Waals surface area (Å²) in [5, 5.41) is 3.22. The number of hydrogen-bond donors (Lipinski definition) is 2. The molecule has 1 aromatic carbocycles. The van der Waals surface area contributed by atoms with E-state index < -0.39 is 0 Å². The molecule has 0 unspecified atom stereocenters. The molecule has 2 amide bonds. The molecule has 0 atom stereocenters. The van der Waals surface area contributed by atoms with E-state index in [1.807, 2.05) is 13.8 Å². The molecule has 0 aliphatic rings. The fourth-order valence-electron chi connectivity index (χ4n) is 2.59. The number of benzene rings is 1. The molecular weight excluding hydrogens is 320 g/mol. The molecule has 2 N–H and O–H groups in total. The van der Waals surface area contributed by atoms with Gasteiger partial charge in [0.15, 0.2) is 0 Å². The van der Waals surface area contributed by atoms with Gasteiger partial charge in [-0.05, 0) is 38.0 Å². The number of aromatic nitrogens is 2. The van der Waals surface area contributed by atoms with Crippen LogP contribution in [0.5, 0.6) is 0 Å². The predicted molar refractivity (Wildman–Crippen MR) is 96.6 cm³/mol. The number of carbonyl (C=O) groups is 2. The van der Waals surface area contributed by atoms with Crippen molar-refractivity contribution in [2.45, 2.75) is 33.6 Å². The molecule has 25 heavy (non-hydrogen) atoms. The molecule has 0 bridgehead atoms. The van der Waals surface area contributed by atoms with Gasteiger partial charge in [-0.2, -0.15) is 0 Å². The lowest BCUT2D eigenvalue weighted by molar-refractivity contribution is -0.121. The van der Waals surface area contributed by atoms with Crippen LogP contribution in [0.25, 0.3) is 10.9 Å². The summed E-state index contributed by atoms with van der Waals surface area (Å²) >= 11 is 0. The van der Waals surface area contributed by atoms with Crippen molar-refractivity contribution in [2.75, 3.05) is 19.6 Å². The van der Waals surface area contributed by atoms with E-state index in [1.54, 1.807) is 25.1 Å². The van der Waals surface area contributed by atoms with Crippen LogP contribution in [-0.2, 0) is 4.79 Å². The topological polar surface area (TPSA) is 95.2 Å². The van der Waals surface area contributed by atoms with Crippen LogP contribution < -0.4 is 10.9 Å². The zero-order valence-corrected chi connectivity index (χ0v) is 14.9. The Morgan fingerprint density at radius 1 is 1.24 bits per heavy atom. The average molecular weight is 344 g/mol. The molecule has 0 aliphatic carbocycles. The van der Waals surface area contributed by atoms with Gasteiger partial charge in [0.2, 0.25) is 5.91 Å². The van der Waals surface area contributed by atoms with Crippen molar-refractivity contribution >= 4 is 22.7 Å². The van der Waals surface area contributed by atoms with Gasteiger partial charge in [0, 0.05) is 18.7 Å². The van der Waals surface area contributed by atoms with E-state index in [0.29, 0.717) is 35.4 Å². The van der Waals surface area contributed by atoms with Crippen LogP contribution >= 0.6 is 0 Å². The maximum atomic E-state index is 12.8. The summed E-state index contributed by atoms with van der Waals surface area (Å²) in [7, 11) is 0. The number of fused-ring (bicyclic) bond motifs is 1. The Morgan fingerprint density at radius 2 is 2.00 bits per heavy atom. The first-order valence-electron chi connectivity index (χ1n) is 8.53. The van der Waals surface area contributed by atoms with Gasteiger partial charge in [-0.1, -0.05) is 13.8 Å². The number of aryl methyl sites for hydroxylation is 1. The molecule has 134 valence electrons. The highest BCUT2D eigenvalue weighted by molar-refractivity contribution is 5.99. The number of hydrogen-bond acceptors (Lipinski definition) is 4. The van der Waals surface area contributed by atoms with E-state index in [4.69, 9.17) is 0 Å². The van der Waals surface area contributed by atoms with Crippen LogP contribution in [0, 0.1) is 6.92 Å². The van der Waals surface area contributed by atoms with Gasteiger partial charge in [0.25, 0.3) is 11.5 Å². The smallest absolute Gasteiger partial charge is 0.258 e. The summed E-state index contributed by atoms with van der Waals surface area (Å²) in [6, 6.07) is 4.80. The van der Waals surface area contributed by atoms with Gasteiger partial charge in [0.05, 0.1) is 17.4 Å². The first-order chi connectivity index (χ1) is 12.0. The third-order valence-corrected chi connectivity index (χ3v) is 3.76. The molecule has 2 rings (SSSR count). The largest absolute Gasteiger partial charge is 0.355 e. The van der Waals surface area contributed by atoms with E-state index in [1.165, 1.54) is 4.90 Å². The van der Waals surface area contributed by atoms with E-state index in [2.05, 4.69) is 15.3 Å². The lowest BCUT2D eigenvalue weighted by Gasteiger charge is -2.21. The molecular formula is C18H24N4O3. The quantitative estimate of drug-likeness (QED) is 0.798. The molecule has 2 aromatic rings. The second-order valence-electron chi connectivity index (χ2n) is 5.96. The summed E-state index contributed by atoms with van der Waals surface area (Å²) in [6.45, 7) is 6.71. The van der Waals surface area contributed by atoms with Gasteiger partial charge < -0.3 is 15.2 Å². The second-order valence-corrected chi connectivity index (χ2v) is 5.96. The monoisotopic (exact) mass is 344 g/mol. The van der Waals surface area contributed by atoms with Crippen molar-refractivity contribution in [3.05, 3.63) is 39.9 Å². The Hall–Kier alpha value is -2.70. The Kier molecular flexibility index (Phi) is 6.27. The van der Waals surface area contributed by atoms with E-state index in [9.17, 15) is 14.4 Å². The van der Waals surface area contributed by atoms with Crippen molar-refractivity contribution in [1.82, 2.24) is 20.2 Å². The molecule has 7 nitrogen and oxygen atoms in total. The summed E-state index contributed by atoms with van der Waals surface area (Å²) in [5.41, 5.74) is 0.659. The van der Waals surface area contributed by atoms with Crippen LogP contribution in [-0.4, -0.2) is 46.3 Å². The van der Waals surface area contributed by atoms with Crippen molar-refractivity contribution < 1.29 is 9.59 Å². The molecule has 7 heteroatoms. The zero-order valence-electron chi connectivity index (χ0n) is 14.9. The van der Waals surface area contributed by atoms with Gasteiger partial charge in [-0.25, -0.2) is 4.98 Å². The third kappa shape index (κ3) is 4.65.